The van der Waals surface area contributed by atoms with Crippen LogP contribution in [0.5, 0.6) is 0 Å². The highest BCUT2D eigenvalue weighted by Crippen LogP contribution is 2.33. The highest BCUT2D eigenvalue weighted by atomic mass is 16.6. The van der Waals surface area contributed by atoms with Gasteiger partial charge in [0.05, 0.1) is 11.5 Å². The van der Waals surface area contributed by atoms with E-state index in [0.29, 0.717) is 17.5 Å². The van der Waals surface area contributed by atoms with Crippen molar-refractivity contribution < 1.29 is 10.0 Å². The highest BCUT2D eigenvalue weighted by molar-refractivity contribution is 5.58. The van der Waals surface area contributed by atoms with Crippen LogP contribution in [0.4, 0.5) is 11.4 Å². The van der Waals surface area contributed by atoms with Crippen LogP contribution in [0.2, 0.25) is 0 Å². The summed E-state index contributed by atoms with van der Waals surface area (Å²) < 4.78 is 0. The molecule has 0 aliphatic heterocycles. The number of nitro benzene ring substituents is 1. The smallest absolute Gasteiger partial charge is 0.269 e. The molecule has 116 valence electrons. The Balaban J connectivity index is 2.35. The molecule has 0 amide bonds. The van der Waals surface area contributed by atoms with Gasteiger partial charge in [0.15, 0.2) is 0 Å². The van der Waals surface area contributed by atoms with E-state index in [1.165, 1.54) is 25.0 Å². The van der Waals surface area contributed by atoms with Crippen molar-refractivity contribution >= 4 is 11.4 Å². The van der Waals surface area contributed by atoms with Gasteiger partial charge >= 0.3 is 0 Å². The molecule has 1 aliphatic rings. The van der Waals surface area contributed by atoms with Gasteiger partial charge in [0.1, 0.15) is 0 Å². The van der Waals surface area contributed by atoms with Crippen LogP contribution in [-0.2, 0) is 6.61 Å². The molecule has 21 heavy (non-hydrogen) atoms. The molecule has 0 radical (unpaired) electrons. The fourth-order valence-corrected chi connectivity index (χ4v) is 3.15. The van der Waals surface area contributed by atoms with Crippen LogP contribution >= 0.6 is 0 Å². The number of nitro groups is 1. The minimum atomic E-state index is -0.411. The maximum absolute atomic E-state index is 10.9. The van der Waals surface area contributed by atoms with Crippen molar-refractivity contribution in [2.24, 2.45) is 5.92 Å². The van der Waals surface area contributed by atoms with Crippen molar-refractivity contribution in [3.05, 3.63) is 33.9 Å². The zero-order valence-corrected chi connectivity index (χ0v) is 12.8. The summed E-state index contributed by atoms with van der Waals surface area (Å²) in [7, 11) is 0. The molecule has 1 N–H and O–H groups in total. The lowest BCUT2D eigenvalue weighted by molar-refractivity contribution is -0.384. The van der Waals surface area contributed by atoms with Crippen molar-refractivity contribution in [3.8, 4) is 0 Å². The molecule has 1 aromatic carbocycles. The summed E-state index contributed by atoms with van der Waals surface area (Å²) in [5.74, 6) is 0.507. The number of anilines is 1. The minimum Gasteiger partial charge on any atom is -0.392 e. The molecule has 1 saturated carbocycles. The zero-order chi connectivity index (χ0) is 15.4. The minimum absolute atomic E-state index is 0.0405. The number of hydrogen-bond donors (Lipinski definition) is 1. The Kier molecular flexibility index (Phi) is 5.17. The highest BCUT2D eigenvalue weighted by Gasteiger charge is 2.25. The van der Waals surface area contributed by atoms with Gasteiger partial charge in [-0.05, 0) is 24.8 Å². The van der Waals surface area contributed by atoms with Crippen LogP contribution in [0.1, 0.15) is 45.1 Å². The van der Waals surface area contributed by atoms with Gasteiger partial charge in [-0.3, -0.25) is 10.1 Å². The first-order valence-corrected chi connectivity index (χ1v) is 7.67. The number of rotatable bonds is 6. The Bertz CT molecular complexity index is 496. The summed E-state index contributed by atoms with van der Waals surface area (Å²) in [5.41, 5.74) is 1.64. The van der Waals surface area contributed by atoms with Gasteiger partial charge in [0.25, 0.3) is 5.69 Å². The number of aliphatic hydroxyl groups excluding tert-OH is 1. The first-order valence-electron chi connectivity index (χ1n) is 7.67. The van der Waals surface area contributed by atoms with Crippen LogP contribution in [0.15, 0.2) is 18.2 Å². The third kappa shape index (κ3) is 3.73. The summed E-state index contributed by atoms with van der Waals surface area (Å²) in [4.78, 5) is 12.8. The van der Waals surface area contributed by atoms with Gasteiger partial charge in [-0.25, -0.2) is 0 Å². The molecule has 0 bridgehead atoms. The number of hydrogen-bond acceptors (Lipinski definition) is 4. The Morgan fingerprint density at radius 1 is 1.38 bits per heavy atom. The van der Waals surface area contributed by atoms with Gasteiger partial charge in [-0.15, -0.1) is 0 Å². The third-order valence-electron chi connectivity index (χ3n) is 4.08. The summed E-state index contributed by atoms with van der Waals surface area (Å²) in [5, 5.41) is 20.5. The van der Waals surface area contributed by atoms with Crippen molar-refractivity contribution in [2.45, 2.75) is 52.2 Å². The van der Waals surface area contributed by atoms with E-state index < -0.39 is 4.92 Å². The molecule has 0 heterocycles. The summed E-state index contributed by atoms with van der Waals surface area (Å²) in [6, 6.07) is 5.32. The van der Waals surface area contributed by atoms with Crippen LogP contribution < -0.4 is 4.90 Å². The summed E-state index contributed by atoms with van der Waals surface area (Å²) in [6.45, 7) is 5.09. The summed E-state index contributed by atoms with van der Waals surface area (Å²) in [6.07, 6.45) is 4.80. The Morgan fingerprint density at radius 3 is 2.57 bits per heavy atom. The van der Waals surface area contributed by atoms with Crippen molar-refractivity contribution in [1.82, 2.24) is 0 Å². The Hall–Kier alpha value is -1.62. The molecule has 0 unspecified atom stereocenters. The Labute approximate surface area is 125 Å². The van der Waals surface area contributed by atoms with Crippen molar-refractivity contribution in [2.75, 3.05) is 11.4 Å². The fourth-order valence-electron chi connectivity index (χ4n) is 3.15. The number of nitrogens with zero attached hydrogens (tertiary/aromatic N) is 2. The second kappa shape index (κ2) is 6.89. The quantitative estimate of drug-likeness (QED) is 0.644. The second-order valence-electron chi connectivity index (χ2n) is 6.21. The van der Waals surface area contributed by atoms with Crippen molar-refractivity contribution in [3.63, 3.8) is 0 Å². The predicted octanol–water partition coefficient (Wildman–Crippen LogP) is 3.49. The summed E-state index contributed by atoms with van der Waals surface area (Å²) >= 11 is 0. The maximum atomic E-state index is 10.9. The SMILES string of the molecule is CC(C)CN(c1ccc([N+](=O)[O-])cc1CO)C1CCCC1. The van der Waals surface area contributed by atoms with Gasteiger partial charge in [0, 0.05) is 36.0 Å². The lowest BCUT2D eigenvalue weighted by Gasteiger charge is -2.34. The zero-order valence-electron chi connectivity index (χ0n) is 12.8. The third-order valence-corrected chi connectivity index (χ3v) is 4.08. The van der Waals surface area contributed by atoms with E-state index in [1.54, 1.807) is 6.07 Å². The molecule has 1 aromatic rings. The lowest BCUT2D eigenvalue weighted by Crippen LogP contribution is -2.37. The van der Waals surface area contributed by atoms with Crippen molar-refractivity contribution in [1.29, 1.82) is 0 Å². The average Bonchev–Trinajstić information content (AvgIpc) is 2.97. The molecular weight excluding hydrogens is 268 g/mol. The average molecular weight is 292 g/mol. The molecular formula is C16H24N2O3. The van der Waals surface area contributed by atoms with Gasteiger partial charge < -0.3 is 10.0 Å². The molecule has 5 nitrogen and oxygen atoms in total. The van der Waals surface area contributed by atoms with Crippen LogP contribution in [-0.4, -0.2) is 22.6 Å². The van der Waals surface area contributed by atoms with Gasteiger partial charge in [-0.1, -0.05) is 26.7 Å². The standard InChI is InChI=1S/C16H24N2O3/c1-12(2)10-17(14-5-3-4-6-14)16-8-7-15(18(20)21)9-13(16)11-19/h7-9,12,14,19H,3-6,10-11H2,1-2H3. The number of benzene rings is 1. The van der Waals surface area contributed by atoms with E-state index in [9.17, 15) is 15.2 Å². The molecule has 1 fully saturated rings. The van der Waals surface area contributed by atoms with Crippen LogP contribution in [0.3, 0.4) is 0 Å². The molecule has 0 saturated heterocycles. The van der Waals surface area contributed by atoms with Crippen LogP contribution in [0.25, 0.3) is 0 Å². The maximum Gasteiger partial charge on any atom is 0.269 e. The topological polar surface area (TPSA) is 66.6 Å². The van der Waals surface area contributed by atoms with E-state index in [0.717, 1.165) is 25.1 Å². The van der Waals surface area contributed by atoms with Crippen LogP contribution in [0, 0.1) is 16.0 Å². The molecule has 0 atom stereocenters. The van der Waals surface area contributed by atoms with E-state index >= 15 is 0 Å². The molecule has 0 spiro atoms. The van der Waals surface area contributed by atoms with E-state index in [4.69, 9.17) is 0 Å². The number of aliphatic hydroxyl groups is 1. The van der Waals surface area contributed by atoms with Gasteiger partial charge in [0.2, 0.25) is 0 Å². The van der Waals surface area contributed by atoms with Gasteiger partial charge in [-0.2, -0.15) is 0 Å². The lowest BCUT2D eigenvalue weighted by atomic mass is 10.1. The van der Waals surface area contributed by atoms with E-state index in [-0.39, 0.29) is 12.3 Å². The van der Waals surface area contributed by atoms with E-state index in [2.05, 4.69) is 18.7 Å². The first kappa shape index (κ1) is 15.8. The molecule has 5 heteroatoms. The molecule has 2 rings (SSSR count). The molecule has 0 aromatic heterocycles. The Morgan fingerprint density at radius 2 is 2.05 bits per heavy atom. The van der Waals surface area contributed by atoms with E-state index in [1.807, 2.05) is 0 Å². The first-order chi connectivity index (χ1) is 10.0. The fraction of sp³-hybridized carbons (Fsp3) is 0.625. The normalized spacial score (nSPS) is 15.6. The predicted molar refractivity (Wildman–Crippen MR) is 83.5 cm³/mol. The number of non-ortho nitro benzene ring substituents is 1. The largest absolute Gasteiger partial charge is 0.392 e. The molecule has 1 aliphatic carbocycles. The monoisotopic (exact) mass is 292 g/mol. The second-order valence-corrected chi connectivity index (χ2v) is 6.21.